The first-order chi connectivity index (χ1) is 14.3. The van der Waals surface area contributed by atoms with Gasteiger partial charge in [0.2, 0.25) is 0 Å². The summed E-state index contributed by atoms with van der Waals surface area (Å²) in [6.45, 7) is 3.73. The van der Waals surface area contributed by atoms with E-state index in [0.29, 0.717) is 12.2 Å². The summed E-state index contributed by atoms with van der Waals surface area (Å²) in [6, 6.07) is -1.28. The molecule has 0 amide bonds. The monoisotopic (exact) mass is 527 g/mol. The Morgan fingerprint density at radius 3 is 2.53 bits per heavy atom. The van der Waals surface area contributed by atoms with Crippen LogP contribution in [0, 0.1) is 5.82 Å². The van der Waals surface area contributed by atoms with Crippen molar-refractivity contribution in [1.82, 2.24) is 20.3 Å². The molecule has 0 spiro atoms. The number of nitrogens with zero attached hydrogens (tertiary/aromatic N) is 3. The summed E-state index contributed by atoms with van der Waals surface area (Å²) in [5.74, 6) is -0.102. The van der Waals surface area contributed by atoms with Crippen LogP contribution in [0.1, 0.15) is 33.1 Å². The largest absolute Gasteiger partial charge is 0.385 e. The van der Waals surface area contributed by atoms with Crippen LogP contribution in [0.2, 0.25) is 5.15 Å². The number of nitrogens with one attached hydrogen (secondary N) is 2. The summed E-state index contributed by atoms with van der Waals surface area (Å²) >= 11 is 10.4. The third-order valence-corrected chi connectivity index (χ3v) is 6.34. The van der Waals surface area contributed by atoms with Gasteiger partial charge in [-0.3, -0.25) is 0 Å². The van der Waals surface area contributed by atoms with Gasteiger partial charge in [0, 0.05) is 12.1 Å². The predicted molar refractivity (Wildman–Crippen MR) is 116 cm³/mol. The lowest BCUT2D eigenvalue weighted by Gasteiger charge is -2.32. The summed E-state index contributed by atoms with van der Waals surface area (Å²) in [4.78, 5) is 12.5. The Kier molecular flexibility index (Phi) is 8.05. The van der Waals surface area contributed by atoms with Crippen LogP contribution in [0.15, 0.2) is 9.76 Å². The minimum Gasteiger partial charge on any atom is -0.385 e. The van der Waals surface area contributed by atoms with Crippen molar-refractivity contribution >= 4 is 56.0 Å². The highest BCUT2D eigenvalue weighted by Crippen LogP contribution is 2.35. The number of halogens is 5. The molecule has 0 saturated heterocycles. The summed E-state index contributed by atoms with van der Waals surface area (Å²) in [5, 5.41) is 16.6. The third-order valence-electron chi connectivity index (χ3n) is 4.78. The van der Waals surface area contributed by atoms with Crippen molar-refractivity contribution in [1.29, 1.82) is 0 Å². The maximum atomic E-state index is 14.7. The molecule has 1 fully saturated rings. The SMILES string of the molecule is CCSc1nc(NC(C(O)C(F)F)[C@H](CC)NC2CC2)c2c(Br)nc(Cl)c(F)c2n1. The zero-order valence-electron chi connectivity index (χ0n) is 16.3. The molecule has 3 rings (SSSR count). The lowest BCUT2D eigenvalue weighted by atomic mass is 9.99. The second-order valence-corrected chi connectivity index (χ2v) is 9.31. The Morgan fingerprint density at radius 1 is 1.27 bits per heavy atom. The normalized spacial score (nSPS) is 17.4. The zero-order valence-corrected chi connectivity index (χ0v) is 19.5. The van der Waals surface area contributed by atoms with Gasteiger partial charge in [0.25, 0.3) is 6.43 Å². The Bertz CT molecular complexity index is 908. The van der Waals surface area contributed by atoms with Gasteiger partial charge in [0.05, 0.1) is 11.4 Å². The van der Waals surface area contributed by atoms with E-state index in [9.17, 15) is 18.3 Å². The Labute approximate surface area is 189 Å². The lowest BCUT2D eigenvalue weighted by Crippen LogP contribution is -2.53. The fourth-order valence-electron chi connectivity index (χ4n) is 3.15. The van der Waals surface area contributed by atoms with Crippen LogP contribution in [-0.4, -0.2) is 56.5 Å². The topological polar surface area (TPSA) is 83.0 Å². The van der Waals surface area contributed by atoms with Gasteiger partial charge >= 0.3 is 0 Å². The number of pyridine rings is 1. The molecule has 6 nitrogen and oxygen atoms in total. The predicted octanol–water partition coefficient (Wildman–Crippen LogP) is 4.63. The van der Waals surface area contributed by atoms with Crippen molar-refractivity contribution in [2.24, 2.45) is 0 Å². The number of fused-ring (bicyclic) bond motifs is 1. The van der Waals surface area contributed by atoms with E-state index < -0.39 is 30.4 Å². The van der Waals surface area contributed by atoms with E-state index in [4.69, 9.17) is 11.6 Å². The smallest absolute Gasteiger partial charge is 0.266 e. The standard InChI is InChI=1S/C18H22BrClF3N5OS/c1-3-8(24-7-5-6-7)11(13(29)16(22)23)25-17-9-12(26-18(28-17)30-4-2)10(21)15(20)27-14(9)19/h7-8,11,13,16,24,29H,3-6H2,1-2H3,(H,25,26,28)/t8-,11?,13?/m0/s1. The lowest BCUT2D eigenvalue weighted by molar-refractivity contribution is -0.0214. The van der Waals surface area contributed by atoms with E-state index in [1.54, 1.807) is 0 Å². The molecule has 1 saturated carbocycles. The fourth-order valence-corrected chi connectivity index (χ4v) is 4.55. The number of hydrogen-bond donors (Lipinski definition) is 3. The van der Waals surface area contributed by atoms with E-state index in [-0.39, 0.29) is 37.7 Å². The maximum Gasteiger partial charge on any atom is 0.266 e. The number of anilines is 1. The molecular weight excluding hydrogens is 507 g/mol. The first-order valence-electron chi connectivity index (χ1n) is 9.60. The number of alkyl halides is 2. The maximum absolute atomic E-state index is 14.7. The highest BCUT2D eigenvalue weighted by Gasteiger charge is 2.37. The zero-order chi connectivity index (χ0) is 22.0. The van der Waals surface area contributed by atoms with Crippen LogP contribution in [0.5, 0.6) is 0 Å². The molecule has 166 valence electrons. The van der Waals surface area contributed by atoms with Crippen LogP contribution >= 0.6 is 39.3 Å². The van der Waals surface area contributed by atoms with Crippen molar-refractivity contribution in [2.45, 2.75) is 68.9 Å². The molecule has 2 aromatic rings. The van der Waals surface area contributed by atoms with Crippen LogP contribution in [0.25, 0.3) is 10.9 Å². The Balaban J connectivity index is 2.10. The van der Waals surface area contributed by atoms with Gasteiger partial charge in [-0.15, -0.1) is 0 Å². The van der Waals surface area contributed by atoms with E-state index in [2.05, 4.69) is 41.5 Å². The minimum atomic E-state index is -2.97. The quantitative estimate of drug-likeness (QED) is 0.236. The molecular formula is C18H22BrClF3N5OS. The second kappa shape index (κ2) is 10.2. The van der Waals surface area contributed by atoms with Crippen molar-refractivity contribution in [3.05, 3.63) is 15.6 Å². The van der Waals surface area contributed by atoms with Gasteiger partial charge in [-0.2, -0.15) is 0 Å². The van der Waals surface area contributed by atoms with Gasteiger partial charge < -0.3 is 15.7 Å². The number of rotatable bonds is 10. The molecule has 1 aliphatic carbocycles. The van der Waals surface area contributed by atoms with Crippen molar-refractivity contribution in [3.8, 4) is 0 Å². The van der Waals surface area contributed by atoms with Gasteiger partial charge in [0.15, 0.2) is 16.1 Å². The highest BCUT2D eigenvalue weighted by molar-refractivity contribution is 9.10. The molecule has 0 bridgehead atoms. The molecule has 0 aromatic carbocycles. The summed E-state index contributed by atoms with van der Waals surface area (Å²) < 4.78 is 41.8. The fraction of sp³-hybridized carbons (Fsp3) is 0.611. The number of aliphatic hydroxyl groups is 1. The molecule has 2 aromatic heterocycles. The molecule has 2 unspecified atom stereocenters. The molecule has 2 heterocycles. The molecule has 1 aliphatic rings. The van der Waals surface area contributed by atoms with Crippen LogP contribution in [-0.2, 0) is 0 Å². The number of aliphatic hydroxyl groups excluding tert-OH is 1. The average molecular weight is 529 g/mol. The van der Waals surface area contributed by atoms with Crippen LogP contribution < -0.4 is 10.6 Å². The summed E-state index contributed by atoms with van der Waals surface area (Å²) in [5.41, 5.74) is -0.0798. The Morgan fingerprint density at radius 2 is 1.97 bits per heavy atom. The summed E-state index contributed by atoms with van der Waals surface area (Å²) in [6.07, 6.45) is -2.51. The Hall–Kier alpha value is -0.880. The molecule has 3 atom stereocenters. The average Bonchev–Trinajstić information content (AvgIpc) is 3.52. The van der Waals surface area contributed by atoms with Crippen LogP contribution in [0.3, 0.4) is 0 Å². The third kappa shape index (κ3) is 5.29. The van der Waals surface area contributed by atoms with Gasteiger partial charge in [0.1, 0.15) is 22.0 Å². The van der Waals surface area contributed by atoms with Gasteiger partial charge in [-0.25, -0.2) is 28.1 Å². The molecule has 0 radical (unpaired) electrons. The first kappa shape index (κ1) is 23.8. The van der Waals surface area contributed by atoms with Gasteiger partial charge in [-0.05, 0) is 40.9 Å². The van der Waals surface area contributed by atoms with Crippen LogP contribution in [0.4, 0.5) is 19.0 Å². The second-order valence-electron chi connectivity index (χ2n) is 6.97. The van der Waals surface area contributed by atoms with Crippen molar-refractivity contribution in [3.63, 3.8) is 0 Å². The van der Waals surface area contributed by atoms with Crippen molar-refractivity contribution < 1.29 is 18.3 Å². The van der Waals surface area contributed by atoms with E-state index in [0.717, 1.165) is 12.8 Å². The number of thioether (sulfide) groups is 1. The van der Waals surface area contributed by atoms with E-state index in [1.165, 1.54) is 11.8 Å². The molecule has 30 heavy (non-hydrogen) atoms. The van der Waals surface area contributed by atoms with Crippen molar-refractivity contribution in [2.75, 3.05) is 11.1 Å². The molecule has 0 aliphatic heterocycles. The number of aromatic nitrogens is 3. The first-order valence-corrected chi connectivity index (χ1v) is 11.8. The minimum absolute atomic E-state index is 0.0798. The highest BCUT2D eigenvalue weighted by atomic mass is 79.9. The molecule has 12 heteroatoms. The summed E-state index contributed by atoms with van der Waals surface area (Å²) in [7, 11) is 0. The van der Waals surface area contributed by atoms with Gasteiger partial charge in [-0.1, -0.05) is 37.2 Å². The number of hydrogen-bond acceptors (Lipinski definition) is 7. The van der Waals surface area contributed by atoms with E-state index >= 15 is 0 Å². The van der Waals surface area contributed by atoms with E-state index in [1.807, 2.05) is 13.8 Å². The molecule has 3 N–H and O–H groups in total.